The zero-order valence-electron chi connectivity index (χ0n) is 9.65. The average Bonchev–Trinajstić information content (AvgIpc) is 2.25. The molecule has 0 spiro atoms. The molecule has 0 unspecified atom stereocenters. The molecule has 0 heterocycles. The number of amidine groups is 1. The van der Waals surface area contributed by atoms with Gasteiger partial charge in [0.15, 0.2) is 5.90 Å². The van der Waals surface area contributed by atoms with E-state index in [2.05, 4.69) is 27.2 Å². The van der Waals surface area contributed by atoms with Gasteiger partial charge in [0.25, 0.3) is 0 Å². The first-order valence-corrected chi connectivity index (χ1v) is 4.53. The topological polar surface area (TPSA) is 67.6 Å². The second-order valence-electron chi connectivity index (χ2n) is 2.82. The molecule has 6 nitrogen and oxygen atoms in total. The Kier molecular flexibility index (Phi) is 6.96. The molecule has 0 aromatic heterocycles. The summed E-state index contributed by atoms with van der Waals surface area (Å²) in [7, 11) is 3.05. The molecule has 0 aromatic carbocycles. The van der Waals surface area contributed by atoms with E-state index >= 15 is 0 Å². The zero-order valence-corrected chi connectivity index (χ0v) is 9.65. The lowest BCUT2D eigenvalue weighted by atomic mass is 10.4. The van der Waals surface area contributed by atoms with Crippen LogP contribution >= 0.6 is 0 Å². The number of hydrogen-bond donors (Lipinski definition) is 1. The van der Waals surface area contributed by atoms with Crippen LogP contribution in [0, 0.1) is 0 Å². The summed E-state index contributed by atoms with van der Waals surface area (Å²) in [6.07, 6.45) is 0. The summed E-state index contributed by atoms with van der Waals surface area (Å²) in [5, 5.41) is 3.52. The first-order chi connectivity index (χ1) is 7.13. The van der Waals surface area contributed by atoms with Gasteiger partial charge in [0, 0.05) is 13.6 Å². The van der Waals surface area contributed by atoms with Crippen molar-refractivity contribution in [3.63, 3.8) is 0 Å². The molecular weight excluding hydrogens is 196 g/mol. The van der Waals surface area contributed by atoms with Crippen LogP contribution in [0.2, 0.25) is 0 Å². The summed E-state index contributed by atoms with van der Waals surface area (Å²) in [6, 6.07) is 0.284. The molecule has 0 radical (unpaired) electrons. The van der Waals surface area contributed by atoms with Crippen molar-refractivity contribution in [2.45, 2.75) is 19.9 Å². The Labute approximate surface area is 90.1 Å². The van der Waals surface area contributed by atoms with Crippen LogP contribution in [0.1, 0.15) is 13.8 Å². The summed E-state index contributed by atoms with van der Waals surface area (Å²) in [4.78, 5) is 8.21. The molecule has 1 N–H and O–H groups in total. The highest BCUT2D eigenvalue weighted by molar-refractivity contribution is 5.89. The lowest BCUT2D eigenvalue weighted by Gasteiger charge is -2.07. The van der Waals surface area contributed by atoms with Crippen molar-refractivity contribution in [2.75, 3.05) is 20.8 Å². The maximum atomic E-state index is 4.98. The molecule has 1 atom stereocenters. The third-order valence-electron chi connectivity index (χ3n) is 1.56. The van der Waals surface area contributed by atoms with Crippen LogP contribution in [0.4, 0.5) is 0 Å². The number of rotatable bonds is 4. The molecule has 0 aliphatic heterocycles. The van der Waals surface area contributed by atoms with Crippen LogP contribution in [-0.4, -0.2) is 45.4 Å². The van der Waals surface area contributed by atoms with Gasteiger partial charge < -0.3 is 14.9 Å². The third-order valence-corrected chi connectivity index (χ3v) is 1.56. The Balaban J connectivity index is 4.37. The second kappa shape index (κ2) is 7.78. The van der Waals surface area contributed by atoms with Gasteiger partial charge in [-0.25, -0.2) is 4.99 Å². The number of hydrazone groups is 1. The number of ether oxygens (including phenoxy) is 2. The Morgan fingerprint density at radius 1 is 1.40 bits per heavy atom. The van der Waals surface area contributed by atoms with Gasteiger partial charge in [-0.2, -0.15) is 10.1 Å². The third kappa shape index (κ3) is 6.48. The largest absolute Gasteiger partial charge is 0.484 e. The van der Waals surface area contributed by atoms with E-state index in [4.69, 9.17) is 9.47 Å². The van der Waals surface area contributed by atoms with E-state index in [0.717, 1.165) is 0 Å². The second-order valence-corrected chi connectivity index (χ2v) is 2.82. The number of methoxy groups -OCH3 is 2. The first-order valence-electron chi connectivity index (χ1n) is 4.53. The Hall–Kier alpha value is -1.59. The minimum absolute atomic E-state index is 0.00106. The van der Waals surface area contributed by atoms with Crippen LogP contribution in [0.15, 0.2) is 15.1 Å². The summed E-state index contributed by atoms with van der Waals surface area (Å²) in [5.41, 5.74) is 2.72. The fourth-order valence-corrected chi connectivity index (χ4v) is 0.738. The van der Waals surface area contributed by atoms with E-state index in [9.17, 15) is 0 Å². The van der Waals surface area contributed by atoms with Crippen molar-refractivity contribution in [2.24, 2.45) is 15.1 Å². The van der Waals surface area contributed by atoms with Crippen LogP contribution < -0.4 is 5.43 Å². The van der Waals surface area contributed by atoms with Crippen molar-refractivity contribution in [3.05, 3.63) is 0 Å². The van der Waals surface area contributed by atoms with Gasteiger partial charge in [-0.1, -0.05) is 0 Å². The minimum atomic E-state index is -0.00106. The van der Waals surface area contributed by atoms with E-state index in [1.807, 2.05) is 6.92 Å². The molecule has 0 aromatic rings. The lowest BCUT2D eigenvalue weighted by Crippen LogP contribution is -2.20. The highest BCUT2D eigenvalue weighted by Gasteiger charge is 2.02. The average molecular weight is 214 g/mol. The first kappa shape index (κ1) is 13.4. The monoisotopic (exact) mass is 214 g/mol. The number of aliphatic imine (C=N–C) groups is 2. The van der Waals surface area contributed by atoms with Crippen molar-refractivity contribution in [1.82, 2.24) is 5.43 Å². The Morgan fingerprint density at radius 3 is 2.53 bits per heavy atom. The molecule has 0 saturated heterocycles. The van der Waals surface area contributed by atoms with Gasteiger partial charge in [-0.3, -0.25) is 0 Å². The Bertz CT molecular complexity index is 250. The Morgan fingerprint density at radius 2 is 2.07 bits per heavy atom. The summed E-state index contributed by atoms with van der Waals surface area (Å²) in [6.45, 7) is 7.52. The van der Waals surface area contributed by atoms with E-state index in [0.29, 0.717) is 12.4 Å². The van der Waals surface area contributed by atoms with Gasteiger partial charge >= 0.3 is 6.02 Å². The quantitative estimate of drug-likeness (QED) is 0.424. The summed E-state index contributed by atoms with van der Waals surface area (Å²) >= 11 is 0. The molecule has 86 valence electrons. The predicted molar refractivity (Wildman–Crippen MR) is 61.6 cm³/mol. The van der Waals surface area contributed by atoms with Crippen LogP contribution in [-0.2, 0) is 9.47 Å². The SMILES string of the molecule is C=NNC[C@H](C)N=C(N=C(C)OC)OC. The van der Waals surface area contributed by atoms with Gasteiger partial charge in [0.05, 0.1) is 26.8 Å². The van der Waals surface area contributed by atoms with Crippen molar-refractivity contribution >= 4 is 18.6 Å². The molecule has 0 rings (SSSR count). The highest BCUT2D eigenvalue weighted by Crippen LogP contribution is 1.93. The van der Waals surface area contributed by atoms with Crippen molar-refractivity contribution < 1.29 is 9.47 Å². The normalized spacial score (nSPS) is 14.4. The fraction of sp³-hybridized carbons (Fsp3) is 0.667. The lowest BCUT2D eigenvalue weighted by molar-refractivity contribution is 0.377. The maximum Gasteiger partial charge on any atom is 0.314 e. The predicted octanol–water partition coefficient (Wildman–Crippen LogP) is 0.647. The molecule has 0 fully saturated rings. The number of nitrogens with one attached hydrogen (secondary N) is 1. The summed E-state index contributed by atoms with van der Waals surface area (Å²) in [5.74, 6) is 0.498. The van der Waals surface area contributed by atoms with Crippen molar-refractivity contribution in [3.8, 4) is 0 Å². The smallest absolute Gasteiger partial charge is 0.314 e. The van der Waals surface area contributed by atoms with E-state index in [1.54, 1.807) is 14.0 Å². The molecule has 0 aliphatic rings. The van der Waals surface area contributed by atoms with E-state index in [1.165, 1.54) is 7.11 Å². The standard InChI is InChI=1S/C9H18N4O2/c1-7(6-11-10-3)12-9(15-5)13-8(2)14-4/h7,11H,3,6H2,1-2,4-5H3/t7-/m0/s1. The van der Waals surface area contributed by atoms with Crippen molar-refractivity contribution in [1.29, 1.82) is 0 Å². The number of nitrogens with zero attached hydrogens (tertiary/aromatic N) is 3. The molecule has 15 heavy (non-hydrogen) atoms. The van der Waals surface area contributed by atoms with Crippen LogP contribution in [0.5, 0.6) is 0 Å². The maximum absolute atomic E-state index is 4.98. The van der Waals surface area contributed by atoms with Gasteiger partial charge in [0.2, 0.25) is 0 Å². The molecule has 0 aliphatic carbocycles. The minimum Gasteiger partial charge on any atom is -0.484 e. The summed E-state index contributed by atoms with van der Waals surface area (Å²) < 4.78 is 9.87. The van der Waals surface area contributed by atoms with Crippen LogP contribution in [0.3, 0.4) is 0 Å². The van der Waals surface area contributed by atoms with E-state index in [-0.39, 0.29) is 12.1 Å². The van der Waals surface area contributed by atoms with E-state index < -0.39 is 0 Å². The molecule has 0 saturated carbocycles. The fourth-order valence-electron chi connectivity index (χ4n) is 0.738. The molecule has 0 amide bonds. The van der Waals surface area contributed by atoms with Gasteiger partial charge in [-0.05, 0) is 6.92 Å². The molecule has 6 heteroatoms. The molecule has 0 bridgehead atoms. The molecular formula is C9H18N4O2. The van der Waals surface area contributed by atoms with Gasteiger partial charge in [-0.15, -0.1) is 0 Å². The number of hydrogen-bond acceptors (Lipinski definition) is 5. The highest BCUT2D eigenvalue weighted by atomic mass is 16.5. The van der Waals surface area contributed by atoms with Crippen LogP contribution in [0.25, 0.3) is 0 Å². The zero-order chi connectivity index (χ0) is 11.7. The van der Waals surface area contributed by atoms with Gasteiger partial charge in [0.1, 0.15) is 0 Å².